The highest BCUT2D eigenvalue weighted by Gasteiger charge is 2.15. The molecule has 0 bridgehead atoms. The number of nitrogens with zero attached hydrogens (tertiary/aromatic N) is 2. The third kappa shape index (κ3) is 4.46. The van der Waals surface area contributed by atoms with E-state index in [1.54, 1.807) is 10.6 Å². The number of para-hydroxylation sites is 2. The second-order valence-corrected chi connectivity index (χ2v) is 8.61. The van der Waals surface area contributed by atoms with E-state index in [4.69, 9.17) is 4.98 Å². The Bertz CT molecular complexity index is 1360. The molecule has 0 saturated heterocycles. The van der Waals surface area contributed by atoms with E-state index in [-0.39, 0.29) is 17.2 Å². The van der Waals surface area contributed by atoms with E-state index in [1.165, 1.54) is 11.8 Å². The number of hydrogen-bond donors (Lipinski definition) is 1. The average Bonchev–Trinajstić information content (AvgIpc) is 2.80. The Labute approximate surface area is 191 Å². The van der Waals surface area contributed by atoms with Gasteiger partial charge in [0.25, 0.3) is 5.56 Å². The largest absolute Gasteiger partial charge is 0.325 e. The van der Waals surface area contributed by atoms with Gasteiger partial charge in [-0.05, 0) is 67.3 Å². The van der Waals surface area contributed by atoms with Crippen LogP contribution in [0.4, 0.5) is 5.69 Å². The van der Waals surface area contributed by atoms with E-state index in [9.17, 15) is 9.59 Å². The molecule has 6 heteroatoms. The van der Waals surface area contributed by atoms with E-state index in [1.807, 2.05) is 74.5 Å². The fraction of sp³-hybridized carbons (Fsp3) is 0.192. The summed E-state index contributed by atoms with van der Waals surface area (Å²) in [5.74, 6) is 0.0122. The third-order valence-corrected chi connectivity index (χ3v) is 6.44. The molecule has 1 amide bonds. The molecule has 3 aromatic carbocycles. The van der Waals surface area contributed by atoms with Gasteiger partial charge in [0.1, 0.15) is 0 Å². The van der Waals surface area contributed by atoms with E-state index in [0.29, 0.717) is 16.1 Å². The predicted molar refractivity (Wildman–Crippen MR) is 132 cm³/mol. The van der Waals surface area contributed by atoms with Gasteiger partial charge in [-0.15, -0.1) is 0 Å². The molecule has 1 heterocycles. The van der Waals surface area contributed by atoms with Crippen molar-refractivity contribution in [1.82, 2.24) is 9.55 Å². The summed E-state index contributed by atoms with van der Waals surface area (Å²) in [5, 5.41) is 4.03. The van der Waals surface area contributed by atoms with E-state index in [2.05, 4.69) is 12.2 Å². The first kappa shape index (κ1) is 21.8. The number of aromatic nitrogens is 2. The molecule has 4 aromatic rings. The van der Waals surface area contributed by atoms with Crippen LogP contribution >= 0.6 is 11.8 Å². The molecule has 1 N–H and O–H groups in total. The van der Waals surface area contributed by atoms with Gasteiger partial charge in [-0.1, -0.05) is 55.1 Å². The summed E-state index contributed by atoms with van der Waals surface area (Å²) in [6, 6.07) is 21.0. The van der Waals surface area contributed by atoms with Crippen molar-refractivity contribution in [2.45, 2.75) is 32.3 Å². The van der Waals surface area contributed by atoms with Crippen LogP contribution in [0, 0.1) is 13.8 Å². The number of nitrogens with one attached hydrogen (secondary N) is 1. The molecular formula is C26H25N3O2S. The zero-order valence-electron chi connectivity index (χ0n) is 18.4. The number of hydrogen-bond acceptors (Lipinski definition) is 4. The molecule has 0 saturated carbocycles. The number of carbonyl (C=O) groups excluding carboxylic acids is 1. The van der Waals surface area contributed by atoms with E-state index >= 15 is 0 Å². The third-order valence-electron chi connectivity index (χ3n) is 5.50. The van der Waals surface area contributed by atoms with Gasteiger partial charge in [0.2, 0.25) is 5.91 Å². The molecule has 32 heavy (non-hydrogen) atoms. The highest BCUT2D eigenvalue weighted by Crippen LogP contribution is 2.23. The van der Waals surface area contributed by atoms with Crippen LogP contribution in [0.5, 0.6) is 0 Å². The second kappa shape index (κ2) is 9.40. The lowest BCUT2D eigenvalue weighted by atomic mass is 10.1. The molecule has 5 nitrogen and oxygen atoms in total. The van der Waals surface area contributed by atoms with E-state index < -0.39 is 0 Å². The summed E-state index contributed by atoms with van der Waals surface area (Å²) in [7, 11) is 0. The van der Waals surface area contributed by atoms with Crippen LogP contribution < -0.4 is 10.9 Å². The number of benzene rings is 3. The Hall–Kier alpha value is -3.38. The minimum Gasteiger partial charge on any atom is -0.325 e. The molecule has 0 aliphatic carbocycles. The Morgan fingerprint density at radius 1 is 1.00 bits per heavy atom. The standard InChI is InChI=1S/C26H25N3O2S/c1-4-19-9-5-7-11-22(19)27-24(30)16-32-26-28-23-12-8-6-10-21(23)25(31)29(26)20-14-13-17(2)18(3)15-20/h5-15H,4,16H2,1-3H3,(H,27,30). The smallest absolute Gasteiger partial charge is 0.266 e. The molecule has 0 spiro atoms. The van der Waals surface area contributed by atoms with Crippen molar-refractivity contribution < 1.29 is 4.79 Å². The minimum atomic E-state index is -0.141. The molecule has 0 atom stereocenters. The highest BCUT2D eigenvalue weighted by atomic mass is 32.2. The van der Waals surface area contributed by atoms with Gasteiger partial charge in [0.15, 0.2) is 5.16 Å². The lowest BCUT2D eigenvalue weighted by molar-refractivity contribution is -0.113. The predicted octanol–water partition coefficient (Wildman–Crippen LogP) is 5.30. The number of aryl methyl sites for hydroxylation is 3. The normalized spacial score (nSPS) is 11.0. The van der Waals surface area contributed by atoms with Crippen LogP contribution in [0.25, 0.3) is 16.6 Å². The minimum absolute atomic E-state index is 0.134. The molecule has 0 unspecified atom stereocenters. The number of carbonyl (C=O) groups is 1. The molecule has 1 aromatic heterocycles. The quantitative estimate of drug-likeness (QED) is 0.325. The van der Waals surface area contributed by atoms with E-state index in [0.717, 1.165) is 34.5 Å². The number of rotatable bonds is 6. The van der Waals surface area contributed by atoms with Crippen LogP contribution in [-0.2, 0) is 11.2 Å². The zero-order valence-corrected chi connectivity index (χ0v) is 19.2. The first-order valence-electron chi connectivity index (χ1n) is 10.6. The summed E-state index contributed by atoms with van der Waals surface area (Å²) in [5.41, 5.74) is 5.37. The summed E-state index contributed by atoms with van der Waals surface area (Å²) < 4.78 is 1.60. The fourth-order valence-electron chi connectivity index (χ4n) is 3.57. The van der Waals surface area contributed by atoms with Gasteiger partial charge < -0.3 is 5.32 Å². The lowest BCUT2D eigenvalue weighted by Gasteiger charge is -2.15. The topological polar surface area (TPSA) is 64.0 Å². The van der Waals surface area contributed by atoms with Crippen LogP contribution in [0.2, 0.25) is 0 Å². The van der Waals surface area contributed by atoms with Gasteiger partial charge >= 0.3 is 0 Å². The van der Waals surface area contributed by atoms with Crippen molar-refractivity contribution in [3.63, 3.8) is 0 Å². The molecule has 0 fully saturated rings. The molecule has 0 aliphatic heterocycles. The molecule has 0 radical (unpaired) electrons. The van der Waals surface area contributed by atoms with Crippen molar-refractivity contribution >= 4 is 34.3 Å². The summed E-state index contributed by atoms with van der Waals surface area (Å²) >= 11 is 1.26. The van der Waals surface area contributed by atoms with Crippen LogP contribution in [-0.4, -0.2) is 21.2 Å². The monoisotopic (exact) mass is 443 g/mol. The zero-order chi connectivity index (χ0) is 22.7. The summed E-state index contributed by atoms with van der Waals surface area (Å²) in [6.45, 7) is 6.11. The number of fused-ring (bicyclic) bond motifs is 1. The number of thioether (sulfide) groups is 1. The maximum atomic E-state index is 13.4. The van der Waals surface area contributed by atoms with Crippen molar-refractivity contribution in [2.24, 2.45) is 0 Å². The SMILES string of the molecule is CCc1ccccc1NC(=O)CSc1nc2ccccc2c(=O)n1-c1ccc(C)c(C)c1. The van der Waals surface area contributed by atoms with Crippen LogP contribution in [0.1, 0.15) is 23.6 Å². The molecule has 4 rings (SSSR count). The first-order chi connectivity index (χ1) is 15.5. The first-order valence-corrected chi connectivity index (χ1v) is 11.6. The summed E-state index contributed by atoms with van der Waals surface area (Å²) in [4.78, 5) is 30.8. The van der Waals surface area contributed by atoms with Gasteiger partial charge in [0.05, 0.1) is 22.3 Å². The van der Waals surface area contributed by atoms with Crippen molar-refractivity contribution in [3.05, 3.63) is 93.8 Å². The Morgan fingerprint density at radius 2 is 1.75 bits per heavy atom. The number of anilines is 1. The summed E-state index contributed by atoms with van der Waals surface area (Å²) in [6.07, 6.45) is 0.835. The van der Waals surface area contributed by atoms with Gasteiger partial charge in [-0.3, -0.25) is 14.2 Å². The lowest BCUT2D eigenvalue weighted by Crippen LogP contribution is -2.23. The highest BCUT2D eigenvalue weighted by molar-refractivity contribution is 7.99. The molecular weight excluding hydrogens is 418 g/mol. The van der Waals surface area contributed by atoms with Gasteiger partial charge in [-0.25, -0.2) is 4.98 Å². The van der Waals surface area contributed by atoms with Crippen LogP contribution in [0.15, 0.2) is 76.7 Å². The Morgan fingerprint density at radius 3 is 2.53 bits per heavy atom. The van der Waals surface area contributed by atoms with Crippen molar-refractivity contribution in [3.8, 4) is 5.69 Å². The van der Waals surface area contributed by atoms with Gasteiger partial charge in [-0.2, -0.15) is 0 Å². The maximum Gasteiger partial charge on any atom is 0.266 e. The average molecular weight is 444 g/mol. The molecule has 162 valence electrons. The van der Waals surface area contributed by atoms with Gasteiger partial charge in [0, 0.05) is 5.69 Å². The van der Waals surface area contributed by atoms with Crippen LogP contribution in [0.3, 0.4) is 0 Å². The Kier molecular flexibility index (Phi) is 6.42. The van der Waals surface area contributed by atoms with Crippen molar-refractivity contribution in [1.29, 1.82) is 0 Å². The number of amides is 1. The fourth-order valence-corrected chi connectivity index (χ4v) is 4.38. The Balaban J connectivity index is 1.69. The second-order valence-electron chi connectivity index (χ2n) is 7.67. The molecule has 0 aliphatic rings. The van der Waals surface area contributed by atoms with Crippen molar-refractivity contribution in [2.75, 3.05) is 11.1 Å². The maximum absolute atomic E-state index is 13.4.